The first kappa shape index (κ1) is 20.6. The van der Waals surface area contributed by atoms with Gasteiger partial charge in [-0.1, -0.05) is 49.5 Å². The smallest absolute Gasteiger partial charge is 0.150 e. The van der Waals surface area contributed by atoms with Gasteiger partial charge in [0, 0.05) is 16.7 Å². The lowest BCUT2D eigenvalue weighted by molar-refractivity contribution is 0.626. The van der Waals surface area contributed by atoms with E-state index >= 15 is 0 Å². The largest absolute Gasteiger partial charge is 0.206 e. The first-order chi connectivity index (χ1) is 14.1. The Hall–Kier alpha value is -3.12. The predicted octanol–water partition coefficient (Wildman–Crippen LogP) is 7.11. The molecule has 4 heteroatoms. The molecule has 0 aliphatic rings. The van der Waals surface area contributed by atoms with Gasteiger partial charge < -0.3 is 0 Å². The van der Waals surface area contributed by atoms with Gasteiger partial charge in [0.1, 0.15) is 17.3 Å². The normalized spacial score (nSPS) is 10.0. The van der Waals surface area contributed by atoms with Gasteiger partial charge in [-0.25, -0.2) is 8.78 Å². The molecule has 0 aliphatic carbocycles. The maximum atomic E-state index is 14.6. The summed E-state index contributed by atoms with van der Waals surface area (Å²) >= 11 is 4.48. The van der Waals surface area contributed by atoms with Crippen LogP contribution >= 0.6 is 12.2 Å². The summed E-state index contributed by atoms with van der Waals surface area (Å²) in [5.41, 5.74) is 3.53. The van der Waals surface area contributed by atoms with Crippen LogP contribution in [0.2, 0.25) is 0 Å². The lowest BCUT2D eigenvalue weighted by Gasteiger charge is -2.05. The molecule has 0 amide bonds. The molecular weight excluding hydrogens is 384 g/mol. The maximum absolute atomic E-state index is 14.6. The third kappa shape index (κ3) is 5.45. The number of unbranched alkanes of at least 4 members (excludes halogenated alkanes) is 1. The number of hydrogen-bond donors (Lipinski definition) is 0. The van der Waals surface area contributed by atoms with E-state index in [1.165, 1.54) is 36.6 Å². The van der Waals surface area contributed by atoms with Gasteiger partial charge in [-0.3, -0.25) is 0 Å². The van der Waals surface area contributed by atoms with Crippen LogP contribution in [0.5, 0.6) is 0 Å². The van der Waals surface area contributed by atoms with E-state index in [-0.39, 0.29) is 5.69 Å². The number of benzene rings is 3. The van der Waals surface area contributed by atoms with E-state index in [2.05, 4.69) is 53.3 Å². The van der Waals surface area contributed by atoms with Crippen LogP contribution in [0.3, 0.4) is 0 Å². The van der Waals surface area contributed by atoms with Crippen LogP contribution in [-0.4, -0.2) is 5.16 Å². The van der Waals surface area contributed by atoms with Gasteiger partial charge >= 0.3 is 0 Å². The zero-order chi connectivity index (χ0) is 20.6. The molecule has 0 spiro atoms. The van der Waals surface area contributed by atoms with Crippen molar-refractivity contribution in [1.29, 1.82) is 0 Å². The molecular formula is C25H19F2NS. The van der Waals surface area contributed by atoms with Crippen LogP contribution in [0.15, 0.2) is 65.7 Å². The Morgan fingerprint density at radius 2 is 1.59 bits per heavy atom. The third-order valence-corrected chi connectivity index (χ3v) is 4.61. The van der Waals surface area contributed by atoms with Crippen molar-refractivity contribution in [3.05, 3.63) is 89.0 Å². The minimum absolute atomic E-state index is 0.0763. The van der Waals surface area contributed by atoms with Gasteiger partial charge in [-0.15, -0.1) is 0 Å². The molecule has 0 fully saturated rings. The van der Waals surface area contributed by atoms with E-state index in [4.69, 9.17) is 0 Å². The van der Waals surface area contributed by atoms with Gasteiger partial charge in [0.25, 0.3) is 0 Å². The molecule has 0 aromatic heterocycles. The first-order valence-electron chi connectivity index (χ1n) is 9.39. The lowest BCUT2D eigenvalue weighted by atomic mass is 10.0. The summed E-state index contributed by atoms with van der Waals surface area (Å²) in [6, 6.07) is 17.1. The Balaban J connectivity index is 1.79. The van der Waals surface area contributed by atoms with Crippen LogP contribution in [-0.2, 0) is 6.42 Å². The topological polar surface area (TPSA) is 12.4 Å². The Labute approximate surface area is 175 Å². The number of hydrogen-bond acceptors (Lipinski definition) is 2. The van der Waals surface area contributed by atoms with E-state index in [0.717, 1.165) is 12.0 Å². The standard InChI is InChI=1S/C25H19F2NS/c1-2-3-4-18-5-7-19(8-6-18)9-10-20-11-13-22(23(26)15-20)21-12-14-25(28-17-29)24(27)16-21/h5-8,11-16H,2-4H2,1H3. The fourth-order valence-electron chi connectivity index (χ4n) is 2.92. The van der Waals surface area contributed by atoms with Crippen LogP contribution < -0.4 is 0 Å². The molecule has 0 saturated carbocycles. The number of thiocarbonyl (C=S) groups is 1. The number of aliphatic imine (C=N–C) groups is 1. The van der Waals surface area contributed by atoms with E-state index in [9.17, 15) is 8.78 Å². The Bertz CT molecular complexity index is 1120. The summed E-state index contributed by atoms with van der Waals surface area (Å²) in [6.45, 7) is 2.17. The zero-order valence-electron chi connectivity index (χ0n) is 16.0. The van der Waals surface area contributed by atoms with Gasteiger partial charge in [-0.05, 0) is 72.6 Å². The summed E-state index contributed by atoms with van der Waals surface area (Å²) in [5, 5.41) is 2.12. The van der Waals surface area contributed by atoms with Crippen molar-refractivity contribution in [3.8, 4) is 23.0 Å². The van der Waals surface area contributed by atoms with E-state index < -0.39 is 11.6 Å². The SMILES string of the molecule is CCCCc1ccc(C#Cc2ccc(-c3ccc(N=C=S)c(F)c3)c(F)c2)cc1. The highest BCUT2D eigenvalue weighted by Gasteiger charge is 2.09. The van der Waals surface area contributed by atoms with E-state index in [0.29, 0.717) is 16.7 Å². The average molecular weight is 403 g/mol. The summed E-state index contributed by atoms with van der Waals surface area (Å²) < 4.78 is 28.6. The second-order valence-electron chi connectivity index (χ2n) is 6.61. The van der Waals surface area contributed by atoms with Gasteiger partial charge in [0.15, 0.2) is 0 Å². The Kier molecular flexibility index (Phi) is 7.03. The maximum Gasteiger partial charge on any atom is 0.150 e. The van der Waals surface area contributed by atoms with Crippen molar-refractivity contribution in [1.82, 2.24) is 0 Å². The highest BCUT2D eigenvalue weighted by Crippen LogP contribution is 2.28. The predicted molar refractivity (Wildman–Crippen MR) is 118 cm³/mol. The minimum Gasteiger partial charge on any atom is -0.206 e. The molecule has 0 aliphatic heterocycles. The summed E-state index contributed by atoms with van der Waals surface area (Å²) in [7, 11) is 0. The summed E-state index contributed by atoms with van der Waals surface area (Å²) in [4.78, 5) is 3.63. The molecule has 144 valence electrons. The molecule has 0 unspecified atom stereocenters. The van der Waals surface area contributed by atoms with E-state index in [1.54, 1.807) is 18.2 Å². The van der Waals surface area contributed by atoms with E-state index in [1.807, 2.05) is 12.1 Å². The number of isothiocyanates is 1. The Morgan fingerprint density at radius 3 is 2.24 bits per heavy atom. The molecule has 3 rings (SSSR count). The van der Waals surface area contributed by atoms with Crippen LogP contribution in [0.25, 0.3) is 11.1 Å². The highest BCUT2D eigenvalue weighted by atomic mass is 32.1. The molecule has 0 bridgehead atoms. The van der Waals surface area contributed by atoms with Crippen molar-refractivity contribution in [2.45, 2.75) is 26.2 Å². The van der Waals surface area contributed by atoms with Crippen LogP contribution in [0, 0.1) is 23.5 Å². The molecule has 3 aromatic carbocycles. The molecule has 29 heavy (non-hydrogen) atoms. The molecule has 1 nitrogen and oxygen atoms in total. The zero-order valence-corrected chi connectivity index (χ0v) is 16.8. The van der Waals surface area contributed by atoms with Crippen molar-refractivity contribution in [2.24, 2.45) is 4.99 Å². The van der Waals surface area contributed by atoms with Gasteiger partial charge in [-0.2, -0.15) is 4.99 Å². The van der Waals surface area contributed by atoms with Crippen LogP contribution in [0.4, 0.5) is 14.5 Å². The molecule has 0 saturated heterocycles. The molecule has 0 radical (unpaired) electrons. The monoisotopic (exact) mass is 403 g/mol. The number of rotatable bonds is 5. The van der Waals surface area contributed by atoms with Crippen molar-refractivity contribution in [3.63, 3.8) is 0 Å². The van der Waals surface area contributed by atoms with Gasteiger partial charge in [0.05, 0.1) is 5.16 Å². The first-order valence-corrected chi connectivity index (χ1v) is 9.80. The summed E-state index contributed by atoms with van der Waals surface area (Å²) in [5.74, 6) is 5.00. The molecule has 0 heterocycles. The second-order valence-corrected chi connectivity index (χ2v) is 6.80. The van der Waals surface area contributed by atoms with Gasteiger partial charge in [0.2, 0.25) is 0 Å². The second kappa shape index (κ2) is 9.89. The van der Waals surface area contributed by atoms with Crippen molar-refractivity contribution < 1.29 is 8.78 Å². The number of nitrogens with zero attached hydrogens (tertiary/aromatic N) is 1. The average Bonchev–Trinajstić information content (AvgIpc) is 2.73. The van der Waals surface area contributed by atoms with Crippen LogP contribution in [0.1, 0.15) is 36.5 Å². The minimum atomic E-state index is -0.578. The number of aryl methyl sites for hydroxylation is 1. The fraction of sp³-hybridized carbons (Fsp3) is 0.160. The lowest BCUT2D eigenvalue weighted by Crippen LogP contribution is -1.88. The highest BCUT2D eigenvalue weighted by molar-refractivity contribution is 7.78. The number of halogens is 2. The summed E-state index contributed by atoms with van der Waals surface area (Å²) in [6.07, 6.45) is 3.40. The molecule has 3 aromatic rings. The Morgan fingerprint density at radius 1 is 0.862 bits per heavy atom. The molecule has 0 atom stereocenters. The van der Waals surface area contributed by atoms with Crippen molar-refractivity contribution in [2.75, 3.05) is 0 Å². The molecule has 0 N–H and O–H groups in total. The third-order valence-electron chi connectivity index (χ3n) is 4.52. The fourth-order valence-corrected chi connectivity index (χ4v) is 3.02. The van der Waals surface area contributed by atoms with Crippen molar-refractivity contribution >= 4 is 23.1 Å². The quantitative estimate of drug-likeness (QED) is 0.251.